The summed E-state index contributed by atoms with van der Waals surface area (Å²) in [6.07, 6.45) is 6.20. The van der Waals surface area contributed by atoms with Crippen molar-refractivity contribution in [2.45, 2.75) is 50.4 Å². The third-order valence-corrected chi connectivity index (χ3v) is 7.49. The van der Waals surface area contributed by atoms with E-state index in [1.54, 1.807) is 16.7 Å². The number of amides is 1. The normalized spacial score (nSPS) is 47.9. The van der Waals surface area contributed by atoms with Gasteiger partial charge in [0.1, 0.15) is 6.04 Å². The SMILES string of the molecule is CC1SCC(C(=O)O)N1C(=O)C1C2CC3CC(C2)CC1C3. The molecule has 5 rings (SSSR count). The maximum Gasteiger partial charge on any atom is 0.327 e. The van der Waals surface area contributed by atoms with E-state index in [4.69, 9.17) is 0 Å². The zero-order chi connectivity index (χ0) is 14.7. The van der Waals surface area contributed by atoms with E-state index in [1.165, 1.54) is 32.1 Å². The van der Waals surface area contributed by atoms with Gasteiger partial charge in [0.15, 0.2) is 0 Å². The molecular weight excluding hydrogens is 286 g/mol. The average Bonchev–Trinajstić information content (AvgIpc) is 2.79. The number of aliphatic carboxylic acids is 1. The molecule has 116 valence electrons. The van der Waals surface area contributed by atoms with Gasteiger partial charge in [0, 0.05) is 11.7 Å². The Balaban J connectivity index is 1.58. The van der Waals surface area contributed by atoms with Gasteiger partial charge in [0.05, 0.1) is 5.37 Å². The molecular formula is C16H23NO3S. The highest BCUT2D eigenvalue weighted by atomic mass is 32.2. The molecule has 4 aliphatic carbocycles. The lowest BCUT2D eigenvalue weighted by Gasteiger charge is -2.54. The van der Waals surface area contributed by atoms with E-state index in [0.29, 0.717) is 17.6 Å². The zero-order valence-corrected chi connectivity index (χ0v) is 13.2. The highest BCUT2D eigenvalue weighted by Crippen LogP contribution is 2.57. The predicted molar refractivity (Wildman–Crippen MR) is 80.7 cm³/mol. The number of nitrogens with zero attached hydrogens (tertiary/aromatic N) is 1. The summed E-state index contributed by atoms with van der Waals surface area (Å²) in [4.78, 5) is 26.2. The third-order valence-electron chi connectivity index (χ3n) is 6.27. The van der Waals surface area contributed by atoms with E-state index in [9.17, 15) is 14.7 Å². The molecule has 0 radical (unpaired) electrons. The van der Waals surface area contributed by atoms with Gasteiger partial charge < -0.3 is 10.0 Å². The molecule has 1 heterocycles. The lowest BCUT2D eigenvalue weighted by molar-refractivity contribution is -0.158. The van der Waals surface area contributed by atoms with Crippen LogP contribution in [0.25, 0.3) is 0 Å². The zero-order valence-electron chi connectivity index (χ0n) is 12.4. The first-order chi connectivity index (χ1) is 10.0. The number of carboxylic acids is 1. The quantitative estimate of drug-likeness (QED) is 0.851. The molecule has 1 amide bonds. The number of carbonyl (C=O) groups excluding carboxylic acids is 1. The Bertz CT molecular complexity index is 452. The number of carbonyl (C=O) groups is 2. The van der Waals surface area contributed by atoms with Crippen LogP contribution in [0.15, 0.2) is 0 Å². The Kier molecular flexibility index (Phi) is 3.25. The highest BCUT2D eigenvalue weighted by Gasteiger charge is 2.53. The van der Waals surface area contributed by atoms with Crippen LogP contribution in [0.1, 0.15) is 39.0 Å². The summed E-state index contributed by atoms with van der Waals surface area (Å²) in [6.45, 7) is 1.97. The van der Waals surface area contributed by atoms with Crippen molar-refractivity contribution in [3.05, 3.63) is 0 Å². The molecule has 21 heavy (non-hydrogen) atoms. The Labute approximate surface area is 129 Å². The Hall–Kier alpha value is -0.710. The van der Waals surface area contributed by atoms with Gasteiger partial charge in [-0.25, -0.2) is 4.79 Å². The van der Waals surface area contributed by atoms with Crippen LogP contribution in [0, 0.1) is 29.6 Å². The molecule has 2 unspecified atom stereocenters. The first-order valence-electron chi connectivity index (χ1n) is 8.21. The van der Waals surface area contributed by atoms with E-state index < -0.39 is 12.0 Å². The number of rotatable bonds is 2. The molecule has 5 heteroatoms. The van der Waals surface area contributed by atoms with E-state index in [0.717, 1.165) is 11.8 Å². The number of hydrogen-bond acceptors (Lipinski definition) is 3. The molecule has 2 atom stereocenters. The van der Waals surface area contributed by atoms with Crippen molar-refractivity contribution in [2.75, 3.05) is 5.75 Å². The van der Waals surface area contributed by atoms with Crippen molar-refractivity contribution in [3.8, 4) is 0 Å². The van der Waals surface area contributed by atoms with Crippen molar-refractivity contribution < 1.29 is 14.7 Å². The van der Waals surface area contributed by atoms with Gasteiger partial charge in [-0.3, -0.25) is 4.79 Å². The lowest BCUT2D eigenvalue weighted by Crippen LogP contribution is -2.55. The first kappa shape index (κ1) is 13.9. The van der Waals surface area contributed by atoms with Crippen LogP contribution in [0.5, 0.6) is 0 Å². The average molecular weight is 309 g/mol. The molecule has 0 aromatic carbocycles. The van der Waals surface area contributed by atoms with Gasteiger partial charge in [0.25, 0.3) is 0 Å². The van der Waals surface area contributed by atoms with E-state index in [1.807, 2.05) is 6.92 Å². The molecule has 1 N–H and O–H groups in total. The summed E-state index contributed by atoms with van der Waals surface area (Å²) in [5.41, 5.74) is 0. The molecule has 5 fully saturated rings. The van der Waals surface area contributed by atoms with Crippen molar-refractivity contribution in [1.82, 2.24) is 4.90 Å². The number of hydrogen-bond donors (Lipinski definition) is 1. The molecule has 0 aromatic rings. The first-order valence-corrected chi connectivity index (χ1v) is 9.26. The van der Waals surface area contributed by atoms with Crippen LogP contribution in [-0.4, -0.2) is 39.1 Å². The Morgan fingerprint density at radius 1 is 1.05 bits per heavy atom. The van der Waals surface area contributed by atoms with E-state index in [-0.39, 0.29) is 17.2 Å². The molecule has 4 nitrogen and oxygen atoms in total. The number of carboxylic acid groups (broad SMARTS) is 1. The smallest absolute Gasteiger partial charge is 0.327 e. The second-order valence-corrected chi connectivity index (χ2v) is 8.84. The minimum atomic E-state index is -0.844. The van der Waals surface area contributed by atoms with Gasteiger partial charge in [0.2, 0.25) is 5.91 Å². The standard InChI is InChI=1S/C16H23NO3S/c1-8-17(13(7-21-8)16(19)20)15(18)14-11-3-9-2-10(5-11)6-12(14)4-9/h8-14H,2-7H2,1H3,(H,19,20). The van der Waals surface area contributed by atoms with Crippen molar-refractivity contribution in [2.24, 2.45) is 29.6 Å². The second kappa shape index (κ2) is 4.90. The molecule has 4 bridgehead atoms. The van der Waals surface area contributed by atoms with Gasteiger partial charge >= 0.3 is 5.97 Å². The van der Waals surface area contributed by atoms with Crippen LogP contribution in [-0.2, 0) is 9.59 Å². The fourth-order valence-corrected chi connectivity index (χ4v) is 6.84. The van der Waals surface area contributed by atoms with Crippen LogP contribution in [0.2, 0.25) is 0 Å². The maximum atomic E-state index is 13.1. The lowest BCUT2D eigenvalue weighted by atomic mass is 9.51. The summed E-state index contributed by atoms with van der Waals surface area (Å²) in [5.74, 6) is 2.70. The summed E-state index contributed by atoms with van der Waals surface area (Å²) in [5, 5.41) is 9.40. The third kappa shape index (κ3) is 2.11. The fourth-order valence-electron chi connectivity index (χ4n) is 5.67. The second-order valence-electron chi connectivity index (χ2n) is 7.49. The van der Waals surface area contributed by atoms with Gasteiger partial charge in [-0.05, 0) is 62.7 Å². The Morgan fingerprint density at radius 3 is 2.14 bits per heavy atom. The number of thioether (sulfide) groups is 1. The fraction of sp³-hybridized carbons (Fsp3) is 0.875. The summed E-state index contributed by atoms with van der Waals surface area (Å²) < 4.78 is 0. The maximum absolute atomic E-state index is 13.1. The molecule has 0 spiro atoms. The molecule has 1 aliphatic heterocycles. The monoisotopic (exact) mass is 309 g/mol. The topological polar surface area (TPSA) is 57.6 Å². The minimum absolute atomic E-state index is 0.00999. The summed E-state index contributed by atoms with van der Waals surface area (Å²) >= 11 is 1.60. The molecule has 5 aliphatic rings. The Morgan fingerprint density at radius 2 is 1.62 bits per heavy atom. The summed E-state index contributed by atoms with van der Waals surface area (Å²) in [6, 6.07) is -0.616. The molecule has 4 saturated carbocycles. The molecule has 1 saturated heterocycles. The van der Waals surface area contributed by atoms with Crippen molar-refractivity contribution in [3.63, 3.8) is 0 Å². The summed E-state index contributed by atoms with van der Waals surface area (Å²) in [7, 11) is 0. The van der Waals surface area contributed by atoms with Crippen molar-refractivity contribution in [1.29, 1.82) is 0 Å². The highest BCUT2D eigenvalue weighted by molar-refractivity contribution is 8.00. The van der Waals surface area contributed by atoms with Gasteiger partial charge in [-0.1, -0.05) is 0 Å². The predicted octanol–water partition coefficient (Wildman–Crippen LogP) is 2.43. The van der Waals surface area contributed by atoms with Gasteiger partial charge in [-0.15, -0.1) is 11.8 Å². The molecule has 0 aromatic heterocycles. The van der Waals surface area contributed by atoms with Crippen molar-refractivity contribution >= 4 is 23.6 Å². The van der Waals surface area contributed by atoms with E-state index in [2.05, 4.69) is 0 Å². The van der Waals surface area contributed by atoms with Crippen LogP contribution in [0.3, 0.4) is 0 Å². The minimum Gasteiger partial charge on any atom is -0.480 e. The largest absolute Gasteiger partial charge is 0.480 e. The van der Waals surface area contributed by atoms with Crippen LogP contribution >= 0.6 is 11.8 Å². The van der Waals surface area contributed by atoms with Gasteiger partial charge in [-0.2, -0.15) is 0 Å². The van der Waals surface area contributed by atoms with Crippen LogP contribution in [0.4, 0.5) is 0 Å². The van der Waals surface area contributed by atoms with Crippen LogP contribution < -0.4 is 0 Å². The van der Waals surface area contributed by atoms with E-state index >= 15 is 0 Å².